The normalized spacial score (nSPS) is 11.0. The van der Waals surface area contributed by atoms with Gasteiger partial charge in [0.25, 0.3) is 0 Å². The number of hydrogen-bond acceptors (Lipinski definition) is 2. The summed E-state index contributed by atoms with van der Waals surface area (Å²) in [5.74, 6) is -0.313. The van der Waals surface area contributed by atoms with Crippen LogP contribution in [0.3, 0.4) is 0 Å². The van der Waals surface area contributed by atoms with E-state index in [-0.39, 0.29) is 11.4 Å². The second-order valence-electron chi connectivity index (χ2n) is 4.54. The summed E-state index contributed by atoms with van der Waals surface area (Å²) in [4.78, 5) is 12.3. The Morgan fingerprint density at radius 2 is 1.90 bits per heavy atom. The van der Waals surface area contributed by atoms with Crippen LogP contribution in [0.4, 0.5) is 0 Å². The molecule has 0 aliphatic rings. The van der Waals surface area contributed by atoms with Gasteiger partial charge in [0.05, 0.1) is 10.0 Å². The molecule has 0 radical (unpaired) electrons. The highest BCUT2D eigenvalue weighted by atomic mass is 35.5. The number of Topliss-reactive ketones (excluding diaryl/α,β-unsaturated/α-hetero) is 1. The summed E-state index contributed by atoms with van der Waals surface area (Å²) < 4.78 is 0. The van der Waals surface area contributed by atoms with Crippen molar-refractivity contribution in [1.82, 2.24) is 0 Å². The predicted octanol–water partition coefficient (Wildman–Crippen LogP) is 5.09. The van der Waals surface area contributed by atoms with Gasteiger partial charge in [0, 0.05) is 5.56 Å². The number of rotatable bonds is 3. The summed E-state index contributed by atoms with van der Waals surface area (Å²) in [6, 6.07) is 14.0. The molecule has 0 bridgehead atoms. The van der Waals surface area contributed by atoms with E-state index < -0.39 is 0 Å². The molecule has 0 spiro atoms. The minimum Gasteiger partial charge on any atom is -0.288 e. The van der Waals surface area contributed by atoms with E-state index in [1.54, 1.807) is 36.4 Å². The van der Waals surface area contributed by atoms with Crippen LogP contribution >= 0.6 is 23.2 Å². The first kappa shape index (κ1) is 15.3. The molecular weight excluding hydrogens is 305 g/mol. The SMILES string of the molecule is Cc1cccc(C(=O)/C(C#N)=C/c2ccc(Cl)c(Cl)c2)c1. The first-order valence-electron chi connectivity index (χ1n) is 6.19. The molecule has 2 rings (SSSR count). The second kappa shape index (κ2) is 6.58. The Balaban J connectivity index is 2.39. The lowest BCUT2D eigenvalue weighted by molar-refractivity contribution is 0.104. The number of allylic oxidation sites excluding steroid dienone is 1. The number of nitrogens with zero attached hydrogens (tertiary/aromatic N) is 1. The zero-order valence-corrected chi connectivity index (χ0v) is 12.7. The van der Waals surface area contributed by atoms with Crippen molar-refractivity contribution in [2.24, 2.45) is 0 Å². The Bertz CT molecular complexity index is 773. The third-order valence-corrected chi connectivity index (χ3v) is 3.64. The van der Waals surface area contributed by atoms with Gasteiger partial charge in [-0.2, -0.15) is 5.26 Å². The van der Waals surface area contributed by atoms with E-state index in [0.717, 1.165) is 5.56 Å². The van der Waals surface area contributed by atoms with Gasteiger partial charge in [0.15, 0.2) is 0 Å². The molecule has 0 aliphatic heterocycles. The van der Waals surface area contributed by atoms with Crippen LogP contribution in [0.2, 0.25) is 10.0 Å². The van der Waals surface area contributed by atoms with E-state index in [1.807, 2.05) is 19.1 Å². The van der Waals surface area contributed by atoms with E-state index in [0.29, 0.717) is 21.2 Å². The summed E-state index contributed by atoms with van der Waals surface area (Å²) in [7, 11) is 0. The molecular formula is C17H11Cl2NO. The van der Waals surface area contributed by atoms with Crippen LogP contribution in [-0.2, 0) is 0 Å². The van der Waals surface area contributed by atoms with Crippen molar-refractivity contribution >= 4 is 35.1 Å². The van der Waals surface area contributed by atoms with Crippen molar-refractivity contribution in [2.45, 2.75) is 6.92 Å². The number of halogens is 2. The van der Waals surface area contributed by atoms with E-state index in [1.165, 1.54) is 6.08 Å². The maximum atomic E-state index is 12.3. The highest BCUT2D eigenvalue weighted by molar-refractivity contribution is 6.42. The van der Waals surface area contributed by atoms with Crippen LogP contribution in [0.1, 0.15) is 21.5 Å². The fourth-order valence-electron chi connectivity index (χ4n) is 1.86. The van der Waals surface area contributed by atoms with Gasteiger partial charge in [-0.05, 0) is 36.8 Å². The topological polar surface area (TPSA) is 40.9 Å². The molecule has 0 saturated carbocycles. The lowest BCUT2D eigenvalue weighted by Crippen LogP contribution is -2.02. The molecule has 4 heteroatoms. The molecule has 0 unspecified atom stereocenters. The number of carbonyl (C=O) groups is 1. The lowest BCUT2D eigenvalue weighted by Gasteiger charge is -2.02. The van der Waals surface area contributed by atoms with Crippen LogP contribution < -0.4 is 0 Å². The smallest absolute Gasteiger partial charge is 0.203 e. The van der Waals surface area contributed by atoms with Crippen LogP contribution in [0.15, 0.2) is 48.0 Å². The molecule has 0 N–H and O–H groups in total. The Morgan fingerprint density at radius 3 is 2.52 bits per heavy atom. The number of benzene rings is 2. The molecule has 2 nitrogen and oxygen atoms in total. The fourth-order valence-corrected chi connectivity index (χ4v) is 2.17. The molecule has 2 aromatic carbocycles. The zero-order chi connectivity index (χ0) is 15.4. The number of nitriles is 1. The van der Waals surface area contributed by atoms with Crippen molar-refractivity contribution in [3.63, 3.8) is 0 Å². The van der Waals surface area contributed by atoms with E-state index in [4.69, 9.17) is 23.2 Å². The van der Waals surface area contributed by atoms with Crippen molar-refractivity contribution in [3.8, 4) is 6.07 Å². The van der Waals surface area contributed by atoms with Crippen LogP contribution in [-0.4, -0.2) is 5.78 Å². The van der Waals surface area contributed by atoms with Crippen molar-refractivity contribution < 1.29 is 4.79 Å². The van der Waals surface area contributed by atoms with Crippen molar-refractivity contribution in [3.05, 3.63) is 74.8 Å². The average molecular weight is 316 g/mol. The maximum Gasteiger partial charge on any atom is 0.203 e. The van der Waals surface area contributed by atoms with Gasteiger partial charge >= 0.3 is 0 Å². The summed E-state index contributed by atoms with van der Waals surface area (Å²) >= 11 is 11.8. The molecule has 0 atom stereocenters. The number of hydrogen-bond donors (Lipinski definition) is 0. The molecule has 0 saturated heterocycles. The molecule has 0 amide bonds. The monoisotopic (exact) mass is 315 g/mol. The first-order chi connectivity index (χ1) is 10.0. The molecule has 0 fully saturated rings. The van der Waals surface area contributed by atoms with Gasteiger partial charge in [-0.15, -0.1) is 0 Å². The van der Waals surface area contributed by atoms with Gasteiger partial charge in [0.1, 0.15) is 11.6 Å². The van der Waals surface area contributed by atoms with E-state index in [9.17, 15) is 10.1 Å². The highest BCUT2D eigenvalue weighted by Gasteiger charge is 2.12. The minimum atomic E-state index is -0.313. The quantitative estimate of drug-likeness (QED) is 0.449. The summed E-state index contributed by atoms with van der Waals surface area (Å²) in [6.07, 6.45) is 1.51. The fraction of sp³-hybridized carbons (Fsp3) is 0.0588. The lowest BCUT2D eigenvalue weighted by atomic mass is 10.0. The third-order valence-electron chi connectivity index (χ3n) is 2.90. The number of carbonyl (C=O) groups excluding carboxylic acids is 1. The molecule has 21 heavy (non-hydrogen) atoms. The molecule has 104 valence electrons. The summed E-state index contributed by atoms with van der Waals surface area (Å²) in [6.45, 7) is 1.89. The summed E-state index contributed by atoms with van der Waals surface area (Å²) in [5, 5.41) is 10.0. The van der Waals surface area contributed by atoms with Gasteiger partial charge in [-0.25, -0.2) is 0 Å². The van der Waals surface area contributed by atoms with E-state index in [2.05, 4.69) is 0 Å². The largest absolute Gasteiger partial charge is 0.288 e. The van der Waals surface area contributed by atoms with Crippen LogP contribution in [0.5, 0.6) is 0 Å². The molecule has 0 aliphatic carbocycles. The Morgan fingerprint density at radius 1 is 1.14 bits per heavy atom. The zero-order valence-electron chi connectivity index (χ0n) is 11.2. The summed E-state index contributed by atoms with van der Waals surface area (Å²) in [5.41, 5.74) is 2.16. The predicted molar refractivity (Wildman–Crippen MR) is 85.6 cm³/mol. The number of aryl methyl sites for hydroxylation is 1. The molecule has 0 heterocycles. The van der Waals surface area contributed by atoms with Gasteiger partial charge < -0.3 is 0 Å². The minimum absolute atomic E-state index is 0.0546. The molecule has 2 aromatic rings. The van der Waals surface area contributed by atoms with Crippen LogP contribution in [0, 0.1) is 18.3 Å². The average Bonchev–Trinajstić information content (AvgIpc) is 2.47. The Labute approximate surface area is 133 Å². The van der Waals surface area contributed by atoms with E-state index >= 15 is 0 Å². The van der Waals surface area contributed by atoms with Crippen molar-refractivity contribution in [1.29, 1.82) is 5.26 Å². The van der Waals surface area contributed by atoms with Crippen LogP contribution in [0.25, 0.3) is 6.08 Å². The maximum absolute atomic E-state index is 12.3. The highest BCUT2D eigenvalue weighted by Crippen LogP contribution is 2.24. The Kier molecular flexibility index (Phi) is 4.80. The van der Waals surface area contributed by atoms with Gasteiger partial charge in [-0.1, -0.05) is 53.0 Å². The number of ketones is 1. The van der Waals surface area contributed by atoms with Gasteiger partial charge in [-0.3, -0.25) is 4.79 Å². The standard InChI is InChI=1S/C17H11Cl2NO/c1-11-3-2-4-13(7-11)17(21)14(10-20)8-12-5-6-15(18)16(19)9-12/h2-9H,1H3/b14-8+. The Hall–Kier alpha value is -2.08. The van der Waals surface area contributed by atoms with Crippen molar-refractivity contribution in [2.75, 3.05) is 0 Å². The van der Waals surface area contributed by atoms with Gasteiger partial charge in [0.2, 0.25) is 5.78 Å². The first-order valence-corrected chi connectivity index (χ1v) is 6.95. The second-order valence-corrected chi connectivity index (χ2v) is 5.36. The third kappa shape index (κ3) is 3.72. The molecule has 0 aromatic heterocycles.